The van der Waals surface area contributed by atoms with Crippen LogP contribution in [0.3, 0.4) is 0 Å². The molecule has 0 aliphatic heterocycles. The van der Waals surface area contributed by atoms with Gasteiger partial charge in [-0.15, -0.1) is 0 Å². The number of rotatable bonds is 8. The SMILES string of the molecule is Cn1cc(CNC(=O)c2ccc(COc3ccc(C(C)(C)c4ccccc4)cc3)o2)cn1. The number of aromatic nitrogens is 2. The minimum absolute atomic E-state index is 0.0983. The lowest BCUT2D eigenvalue weighted by Crippen LogP contribution is -2.22. The lowest BCUT2D eigenvalue weighted by molar-refractivity contribution is 0.0919. The Kier molecular flexibility index (Phi) is 6.12. The van der Waals surface area contributed by atoms with Gasteiger partial charge in [-0.05, 0) is 35.4 Å². The number of carbonyl (C=O) groups excluding carboxylic acids is 1. The summed E-state index contributed by atoms with van der Waals surface area (Å²) in [5, 5.41) is 6.91. The second kappa shape index (κ2) is 9.14. The maximum Gasteiger partial charge on any atom is 0.287 e. The highest BCUT2D eigenvalue weighted by Crippen LogP contribution is 2.32. The van der Waals surface area contributed by atoms with Crippen LogP contribution < -0.4 is 10.1 Å². The van der Waals surface area contributed by atoms with Crippen molar-refractivity contribution in [3.63, 3.8) is 0 Å². The minimum Gasteiger partial charge on any atom is -0.486 e. The molecule has 0 bridgehead atoms. The number of benzene rings is 2. The van der Waals surface area contributed by atoms with E-state index in [1.165, 1.54) is 11.1 Å². The van der Waals surface area contributed by atoms with Crippen molar-refractivity contribution in [3.05, 3.63) is 107 Å². The highest BCUT2D eigenvalue weighted by atomic mass is 16.5. The number of hydrogen-bond donors (Lipinski definition) is 1. The Labute approximate surface area is 187 Å². The van der Waals surface area contributed by atoms with E-state index in [2.05, 4.69) is 60.7 Å². The first-order valence-electron chi connectivity index (χ1n) is 10.5. The zero-order valence-electron chi connectivity index (χ0n) is 18.5. The van der Waals surface area contributed by atoms with Gasteiger partial charge < -0.3 is 14.5 Å². The molecule has 4 aromatic rings. The number of aryl methyl sites for hydroxylation is 1. The van der Waals surface area contributed by atoms with Crippen LogP contribution in [0, 0.1) is 0 Å². The van der Waals surface area contributed by atoms with Crippen LogP contribution >= 0.6 is 0 Å². The van der Waals surface area contributed by atoms with E-state index >= 15 is 0 Å². The quantitative estimate of drug-likeness (QED) is 0.435. The standard InChI is InChI=1S/C26H27N3O3/c1-26(2,20-7-5-4-6-8-20)21-9-11-22(12-10-21)31-18-23-13-14-24(32-23)25(30)27-15-19-16-28-29(3)17-19/h4-14,16-17H,15,18H2,1-3H3,(H,27,30). The Hall–Kier alpha value is -3.80. The first-order chi connectivity index (χ1) is 15.4. The van der Waals surface area contributed by atoms with E-state index in [9.17, 15) is 4.79 Å². The molecule has 0 aliphatic rings. The number of furan rings is 1. The fourth-order valence-corrected chi connectivity index (χ4v) is 3.55. The summed E-state index contributed by atoms with van der Waals surface area (Å²) < 4.78 is 13.2. The third-order valence-electron chi connectivity index (χ3n) is 5.55. The fourth-order valence-electron chi connectivity index (χ4n) is 3.55. The number of ether oxygens (including phenoxy) is 1. The van der Waals surface area contributed by atoms with Crippen LogP contribution in [0.25, 0.3) is 0 Å². The lowest BCUT2D eigenvalue weighted by Gasteiger charge is -2.26. The predicted octanol–water partition coefficient (Wildman–Crippen LogP) is 4.85. The van der Waals surface area contributed by atoms with Crippen LogP contribution in [0.1, 0.15) is 46.9 Å². The highest BCUT2D eigenvalue weighted by Gasteiger charge is 2.22. The molecule has 1 amide bonds. The van der Waals surface area contributed by atoms with Gasteiger partial charge in [0, 0.05) is 30.8 Å². The Morgan fingerprint density at radius 2 is 1.75 bits per heavy atom. The van der Waals surface area contributed by atoms with Crippen LogP contribution in [-0.4, -0.2) is 15.7 Å². The molecule has 0 saturated carbocycles. The molecule has 4 rings (SSSR count). The van der Waals surface area contributed by atoms with Gasteiger partial charge in [0.25, 0.3) is 5.91 Å². The van der Waals surface area contributed by atoms with Gasteiger partial charge >= 0.3 is 0 Å². The topological polar surface area (TPSA) is 69.3 Å². The van der Waals surface area contributed by atoms with Gasteiger partial charge in [-0.1, -0.05) is 56.3 Å². The van der Waals surface area contributed by atoms with Crippen LogP contribution in [0.15, 0.2) is 83.5 Å². The van der Waals surface area contributed by atoms with Crippen LogP contribution in [-0.2, 0) is 25.6 Å². The van der Waals surface area contributed by atoms with Crippen molar-refractivity contribution in [2.45, 2.75) is 32.4 Å². The van der Waals surface area contributed by atoms with Gasteiger partial charge in [0.1, 0.15) is 18.1 Å². The molecule has 0 spiro atoms. The Morgan fingerprint density at radius 3 is 2.44 bits per heavy atom. The summed E-state index contributed by atoms with van der Waals surface area (Å²) in [7, 11) is 1.84. The third-order valence-corrected chi connectivity index (χ3v) is 5.55. The van der Waals surface area contributed by atoms with E-state index in [-0.39, 0.29) is 23.7 Å². The predicted molar refractivity (Wildman–Crippen MR) is 122 cm³/mol. The van der Waals surface area contributed by atoms with Gasteiger partial charge in [0.05, 0.1) is 6.20 Å². The molecule has 32 heavy (non-hydrogen) atoms. The molecule has 6 heteroatoms. The summed E-state index contributed by atoms with van der Waals surface area (Å²) in [6.45, 7) is 5.06. The second-order valence-corrected chi connectivity index (χ2v) is 8.27. The number of hydrogen-bond acceptors (Lipinski definition) is 4. The van der Waals surface area contributed by atoms with Crippen LogP contribution in [0.2, 0.25) is 0 Å². The lowest BCUT2D eigenvalue weighted by atomic mass is 9.78. The van der Waals surface area contributed by atoms with Crippen LogP contribution in [0.4, 0.5) is 0 Å². The van der Waals surface area contributed by atoms with Crippen molar-refractivity contribution in [2.24, 2.45) is 7.05 Å². The molecule has 6 nitrogen and oxygen atoms in total. The van der Waals surface area contributed by atoms with Crippen molar-refractivity contribution in [3.8, 4) is 5.75 Å². The molecule has 0 unspecified atom stereocenters. The molecule has 0 fully saturated rings. The maximum absolute atomic E-state index is 12.3. The average Bonchev–Trinajstić information content (AvgIpc) is 3.46. The summed E-state index contributed by atoms with van der Waals surface area (Å²) in [4.78, 5) is 12.3. The van der Waals surface area contributed by atoms with Crippen molar-refractivity contribution >= 4 is 5.91 Å². The molecule has 164 valence electrons. The van der Waals surface area contributed by atoms with Gasteiger partial charge in [-0.3, -0.25) is 9.48 Å². The van der Waals surface area contributed by atoms with Crippen molar-refractivity contribution in [1.82, 2.24) is 15.1 Å². The van der Waals surface area contributed by atoms with Gasteiger partial charge in [-0.25, -0.2) is 0 Å². The summed E-state index contributed by atoms with van der Waals surface area (Å²) in [6.07, 6.45) is 3.57. The molecule has 0 radical (unpaired) electrons. The number of amides is 1. The number of nitrogens with one attached hydrogen (secondary N) is 1. The second-order valence-electron chi connectivity index (χ2n) is 8.27. The Morgan fingerprint density at radius 1 is 1.03 bits per heavy atom. The van der Waals surface area contributed by atoms with Crippen LogP contribution in [0.5, 0.6) is 5.75 Å². The van der Waals surface area contributed by atoms with E-state index in [4.69, 9.17) is 9.15 Å². The highest BCUT2D eigenvalue weighted by molar-refractivity contribution is 5.91. The van der Waals surface area contributed by atoms with E-state index in [0.29, 0.717) is 12.3 Å². The van der Waals surface area contributed by atoms with E-state index in [0.717, 1.165) is 11.3 Å². The first kappa shape index (κ1) is 21.4. The zero-order chi connectivity index (χ0) is 22.6. The zero-order valence-corrected chi connectivity index (χ0v) is 18.5. The number of carbonyl (C=O) groups is 1. The van der Waals surface area contributed by atoms with Crippen molar-refractivity contribution in [2.75, 3.05) is 0 Å². The van der Waals surface area contributed by atoms with Crippen molar-refractivity contribution < 1.29 is 13.9 Å². The summed E-state index contributed by atoms with van der Waals surface area (Å²) in [5.74, 6) is 1.32. The van der Waals surface area contributed by atoms with Crippen molar-refractivity contribution in [1.29, 1.82) is 0 Å². The largest absolute Gasteiger partial charge is 0.486 e. The monoisotopic (exact) mass is 429 g/mol. The molecular weight excluding hydrogens is 402 g/mol. The number of nitrogens with zero attached hydrogens (tertiary/aromatic N) is 2. The van der Waals surface area contributed by atoms with Gasteiger partial charge in [0.15, 0.2) is 5.76 Å². The minimum atomic E-state index is -0.271. The Balaban J connectivity index is 1.32. The van der Waals surface area contributed by atoms with Gasteiger partial charge in [0.2, 0.25) is 0 Å². The van der Waals surface area contributed by atoms with Gasteiger partial charge in [-0.2, -0.15) is 5.10 Å². The molecule has 0 atom stereocenters. The van der Waals surface area contributed by atoms with E-state index in [1.807, 2.05) is 31.4 Å². The maximum atomic E-state index is 12.3. The summed E-state index contributed by atoms with van der Waals surface area (Å²) in [6, 6.07) is 21.9. The average molecular weight is 430 g/mol. The normalized spacial score (nSPS) is 11.3. The van der Waals surface area contributed by atoms with E-state index < -0.39 is 0 Å². The molecule has 1 N–H and O–H groups in total. The third kappa shape index (κ3) is 4.91. The molecule has 0 aliphatic carbocycles. The molecule has 2 aromatic carbocycles. The smallest absolute Gasteiger partial charge is 0.287 e. The molecule has 2 aromatic heterocycles. The fraction of sp³-hybridized carbons (Fsp3) is 0.231. The summed E-state index contributed by atoms with van der Waals surface area (Å²) in [5.41, 5.74) is 3.30. The molecule has 0 saturated heterocycles. The first-order valence-corrected chi connectivity index (χ1v) is 10.5. The molecular formula is C26H27N3O3. The summed E-state index contributed by atoms with van der Waals surface area (Å²) >= 11 is 0. The Bertz CT molecular complexity index is 1170. The van der Waals surface area contributed by atoms with E-state index in [1.54, 1.807) is 23.0 Å². The molecule has 2 heterocycles.